The van der Waals surface area contributed by atoms with Crippen LogP contribution in [0.3, 0.4) is 0 Å². The van der Waals surface area contributed by atoms with Gasteiger partial charge in [0.05, 0.1) is 19.3 Å². The quantitative estimate of drug-likeness (QED) is 0.622. The molecule has 1 saturated carbocycles. The van der Waals surface area contributed by atoms with Crippen LogP contribution in [0.25, 0.3) is 0 Å². The van der Waals surface area contributed by atoms with Crippen molar-refractivity contribution in [2.75, 3.05) is 28.8 Å². The Kier molecular flexibility index (Phi) is 4.82. The third-order valence-electron chi connectivity index (χ3n) is 5.54. The number of methoxy groups -OCH3 is 1. The Hall–Kier alpha value is -3.81. The molecule has 0 spiro atoms. The molecule has 0 atom stereocenters. The number of hydrogen-bond donors (Lipinski definition) is 2. The number of amides is 2. The summed E-state index contributed by atoms with van der Waals surface area (Å²) in [4.78, 5) is 26.0. The van der Waals surface area contributed by atoms with E-state index in [1.54, 1.807) is 47.4 Å². The fourth-order valence-corrected chi connectivity index (χ4v) is 3.59. The Morgan fingerprint density at radius 3 is 2.48 bits per heavy atom. The van der Waals surface area contributed by atoms with Crippen LogP contribution in [0.2, 0.25) is 0 Å². The molecule has 2 amide bonds. The number of ether oxygens (including phenoxy) is 1. The van der Waals surface area contributed by atoms with Crippen LogP contribution in [-0.2, 0) is 6.54 Å². The fraction of sp³-hybridized carbons (Fsp3) is 0.261. The van der Waals surface area contributed by atoms with Gasteiger partial charge >= 0.3 is 6.03 Å². The van der Waals surface area contributed by atoms with E-state index >= 15 is 0 Å². The van der Waals surface area contributed by atoms with Gasteiger partial charge in [-0.3, -0.25) is 4.90 Å². The van der Waals surface area contributed by atoms with Gasteiger partial charge in [0.2, 0.25) is 5.95 Å². The van der Waals surface area contributed by atoms with E-state index in [2.05, 4.69) is 15.3 Å². The molecule has 2 N–H and O–H groups in total. The van der Waals surface area contributed by atoms with E-state index in [9.17, 15) is 9.90 Å². The van der Waals surface area contributed by atoms with Crippen molar-refractivity contribution < 1.29 is 14.6 Å². The molecule has 1 aromatic heterocycles. The summed E-state index contributed by atoms with van der Waals surface area (Å²) >= 11 is 0. The second-order valence-electron chi connectivity index (χ2n) is 7.79. The van der Waals surface area contributed by atoms with E-state index in [0.717, 1.165) is 23.5 Å². The summed E-state index contributed by atoms with van der Waals surface area (Å²) in [5.41, 5.74) is 2.20. The molecule has 0 saturated heterocycles. The van der Waals surface area contributed by atoms with E-state index in [1.807, 2.05) is 24.3 Å². The van der Waals surface area contributed by atoms with Crippen LogP contribution in [0.15, 0.2) is 54.7 Å². The molecule has 1 aliphatic heterocycles. The van der Waals surface area contributed by atoms with Crippen LogP contribution in [0.5, 0.6) is 11.5 Å². The molecule has 158 valence electrons. The van der Waals surface area contributed by atoms with Gasteiger partial charge in [0, 0.05) is 24.0 Å². The Morgan fingerprint density at radius 1 is 1.10 bits per heavy atom. The second kappa shape index (κ2) is 7.79. The summed E-state index contributed by atoms with van der Waals surface area (Å²) in [6, 6.07) is 13.6. The summed E-state index contributed by atoms with van der Waals surface area (Å²) < 4.78 is 5.23. The van der Waals surface area contributed by atoms with Crippen LogP contribution in [-0.4, -0.2) is 34.8 Å². The van der Waals surface area contributed by atoms with Crippen LogP contribution in [0, 0.1) is 5.92 Å². The lowest BCUT2D eigenvalue weighted by molar-refractivity contribution is 0.252. The first kappa shape index (κ1) is 19.2. The van der Waals surface area contributed by atoms with Gasteiger partial charge in [-0.15, -0.1) is 0 Å². The van der Waals surface area contributed by atoms with Crippen molar-refractivity contribution in [1.82, 2.24) is 9.97 Å². The number of carbonyl (C=O) groups is 1. The van der Waals surface area contributed by atoms with Crippen LogP contribution in [0.4, 0.5) is 27.9 Å². The maximum atomic E-state index is 13.6. The summed E-state index contributed by atoms with van der Waals surface area (Å²) in [6.45, 7) is 1.20. The van der Waals surface area contributed by atoms with Crippen molar-refractivity contribution in [3.63, 3.8) is 0 Å². The van der Waals surface area contributed by atoms with Gasteiger partial charge in [0.1, 0.15) is 11.5 Å². The molecule has 5 rings (SSSR count). The van der Waals surface area contributed by atoms with Crippen molar-refractivity contribution in [1.29, 1.82) is 0 Å². The average Bonchev–Trinajstić information content (AvgIpc) is 3.63. The number of nitrogens with one attached hydrogen (secondary N) is 1. The van der Waals surface area contributed by atoms with E-state index in [4.69, 9.17) is 4.74 Å². The molecule has 2 aromatic carbocycles. The lowest BCUT2D eigenvalue weighted by Gasteiger charge is -2.36. The maximum absolute atomic E-state index is 13.6. The minimum atomic E-state index is -0.227. The first-order chi connectivity index (χ1) is 15.1. The lowest BCUT2D eigenvalue weighted by atomic mass is 10.1. The number of fused-ring (bicyclic) bond motifs is 1. The summed E-state index contributed by atoms with van der Waals surface area (Å²) in [6.07, 6.45) is 4.23. The molecule has 1 fully saturated rings. The van der Waals surface area contributed by atoms with Gasteiger partial charge < -0.3 is 15.2 Å². The number of aromatic hydroxyl groups is 1. The summed E-state index contributed by atoms with van der Waals surface area (Å²) in [5, 5.41) is 13.0. The highest BCUT2D eigenvalue weighted by Gasteiger charge is 2.34. The normalized spacial score (nSPS) is 15.6. The van der Waals surface area contributed by atoms with Crippen molar-refractivity contribution in [2.45, 2.75) is 19.4 Å². The standard InChI is InChI=1S/C23H23N5O3/c1-31-20-10-6-17(7-11-20)27-14-16-13-25-22(24-12-15-2-3-15)26-21(16)28(23(27)30)18-4-8-19(29)9-5-18/h4-11,13,15,29H,2-3,12,14H2,1H3,(H,24,25,26). The summed E-state index contributed by atoms with van der Waals surface area (Å²) in [7, 11) is 1.61. The first-order valence-electron chi connectivity index (χ1n) is 10.3. The highest BCUT2D eigenvalue weighted by molar-refractivity contribution is 6.10. The Bertz CT molecular complexity index is 1100. The number of hydrogen-bond acceptors (Lipinski definition) is 6. The smallest absolute Gasteiger partial charge is 0.335 e. The maximum Gasteiger partial charge on any atom is 0.335 e. The highest BCUT2D eigenvalue weighted by Crippen LogP contribution is 2.37. The predicted molar refractivity (Wildman–Crippen MR) is 118 cm³/mol. The number of phenols is 1. The molecule has 31 heavy (non-hydrogen) atoms. The third-order valence-corrected chi connectivity index (χ3v) is 5.54. The first-order valence-corrected chi connectivity index (χ1v) is 10.3. The molecule has 8 heteroatoms. The number of carbonyl (C=O) groups excluding carboxylic acids is 1. The number of anilines is 4. The van der Waals surface area contributed by atoms with E-state index in [1.165, 1.54) is 12.8 Å². The van der Waals surface area contributed by atoms with Crippen LogP contribution < -0.4 is 19.9 Å². The predicted octanol–water partition coefficient (Wildman–Crippen LogP) is 4.29. The Labute approximate surface area is 180 Å². The van der Waals surface area contributed by atoms with Crippen molar-refractivity contribution >= 4 is 29.2 Å². The molecule has 0 radical (unpaired) electrons. The molecular weight excluding hydrogens is 394 g/mol. The minimum absolute atomic E-state index is 0.134. The number of aromatic nitrogens is 2. The van der Waals surface area contributed by atoms with Crippen LogP contribution in [0.1, 0.15) is 18.4 Å². The molecule has 8 nitrogen and oxygen atoms in total. The van der Waals surface area contributed by atoms with E-state index in [0.29, 0.717) is 29.9 Å². The molecular formula is C23H23N5O3. The monoisotopic (exact) mass is 417 g/mol. The number of phenolic OH excluding ortho intramolecular Hbond substituents is 1. The lowest BCUT2D eigenvalue weighted by Crippen LogP contribution is -2.45. The molecule has 1 aliphatic carbocycles. The van der Waals surface area contributed by atoms with Crippen molar-refractivity contribution in [3.8, 4) is 11.5 Å². The summed E-state index contributed by atoms with van der Waals surface area (Å²) in [5.74, 6) is 2.60. The van der Waals surface area contributed by atoms with Crippen molar-refractivity contribution in [3.05, 3.63) is 60.3 Å². The van der Waals surface area contributed by atoms with Gasteiger partial charge in [-0.05, 0) is 67.3 Å². The second-order valence-corrected chi connectivity index (χ2v) is 7.79. The topological polar surface area (TPSA) is 90.8 Å². The molecule has 2 heterocycles. The van der Waals surface area contributed by atoms with Gasteiger partial charge in [0.25, 0.3) is 0 Å². The Morgan fingerprint density at radius 2 is 1.81 bits per heavy atom. The Balaban J connectivity index is 1.54. The molecule has 0 bridgehead atoms. The van der Waals surface area contributed by atoms with Gasteiger partial charge in [-0.25, -0.2) is 14.7 Å². The fourth-order valence-electron chi connectivity index (χ4n) is 3.59. The SMILES string of the molecule is COc1ccc(N2Cc3cnc(NCC4CC4)nc3N(c3ccc(O)cc3)C2=O)cc1. The zero-order valence-corrected chi connectivity index (χ0v) is 17.2. The molecule has 3 aromatic rings. The van der Waals surface area contributed by atoms with Gasteiger partial charge in [-0.2, -0.15) is 4.98 Å². The van der Waals surface area contributed by atoms with Gasteiger partial charge in [-0.1, -0.05) is 0 Å². The minimum Gasteiger partial charge on any atom is -0.508 e. The number of urea groups is 1. The zero-order valence-electron chi connectivity index (χ0n) is 17.2. The number of nitrogens with zero attached hydrogens (tertiary/aromatic N) is 4. The van der Waals surface area contributed by atoms with Gasteiger partial charge in [0.15, 0.2) is 5.82 Å². The number of benzene rings is 2. The largest absolute Gasteiger partial charge is 0.508 e. The highest BCUT2D eigenvalue weighted by atomic mass is 16.5. The zero-order chi connectivity index (χ0) is 21.4. The average molecular weight is 417 g/mol. The number of rotatable bonds is 6. The molecule has 2 aliphatic rings. The van der Waals surface area contributed by atoms with E-state index in [-0.39, 0.29) is 11.8 Å². The van der Waals surface area contributed by atoms with E-state index < -0.39 is 0 Å². The molecule has 0 unspecified atom stereocenters. The third kappa shape index (κ3) is 3.84. The van der Waals surface area contributed by atoms with Crippen LogP contribution >= 0.6 is 0 Å². The van der Waals surface area contributed by atoms with Crippen molar-refractivity contribution in [2.24, 2.45) is 5.92 Å².